The zero-order valence-electron chi connectivity index (χ0n) is 10.0. The molecule has 2 N–H and O–H groups in total. The van der Waals surface area contributed by atoms with Crippen LogP contribution in [0.5, 0.6) is 17.2 Å². The molecular formula is C12H19NO3. The second-order valence-electron chi connectivity index (χ2n) is 4.06. The molecule has 16 heavy (non-hydrogen) atoms. The number of hydrogen-bond donors (Lipinski definition) is 2. The summed E-state index contributed by atoms with van der Waals surface area (Å²) in [7, 11) is 5.52. The first-order chi connectivity index (χ1) is 7.54. The van der Waals surface area contributed by atoms with Crippen LogP contribution < -0.4 is 4.74 Å². The van der Waals surface area contributed by atoms with Gasteiger partial charge in [-0.3, -0.25) is 0 Å². The third kappa shape index (κ3) is 3.31. The molecule has 0 aliphatic heterocycles. The third-order valence-corrected chi connectivity index (χ3v) is 2.43. The first-order valence-corrected chi connectivity index (χ1v) is 5.28. The van der Waals surface area contributed by atoms with E-state index in [2.05, 4.69) is 4.90 Å². The van der Waals surface area contributed by atoms with Crippen LogP contribution in [0.1, 0.15) is 12.0 Å². The lowest BCUT2D eigenvalue weighted by molar-refractivity contribution is 0.366. The fraction of sp³-hybridized carbons (Fsp3) is 0.500. The first-order valence-electron chi connectivity index (χ1n) is 5.28. The van der Waals surface area contributed by atoms with Crippen molar-refractivity contribution in [2.24, 2.45) is 0 Å². The fourth-order valence-electron chi connectivity index (χ4n) is 1.55. The van der Waals surface area contributed by atoms with Gasteiger partial charge in [0.25, 0.3) is 0 Å². The van der Waals surface area contributed by atoms with Gasteiger partial charge < -0.3 is 19.8 Å². The molecule has 0 aliphatic rings. The van der Waals surface area contributed by atoms with E-state index < -0.39 is 0 Å². The van der Waals surface area contributed by atoms with Crippen LogP contribution in [-0.4, -0.2) is 42.9 Å². The largest absolute Gasteiger partial charge is 0.508 e. The lowest BCUT2D eigenvalue weighted by Crippen LogP contribution is -2.13. The van der Waals surface area contributed by atoms with Crippen molar-refractivity contribution < 1.29 is 14.9 Å². The number of hydrogen-bond acceptors (Lipinski definition) is 4. The zero-order valence-corrected chi connectivity index (χ0v) is 10.0. The maximum Gasteiger partial charge on any atom is 0.161 e. The van der Waals surface area contributed by atoms with Gasteiger partial charge in [0.05, 0.1) is 7.11 Å². The van der Waals surface area contributed by atoms with Crippen LogP contribution in [-0.2, 0) is 6.42 Å². The molecule has 0 saturated heterocycles. The lowest BCUT2D eigenvalue weighted by Gasteiger charge is -2.11. The molecule has 4 nitrogen and oxygen atoms in total. The van der Waals surface area contributed by atoms with E-state index in [0.29, 0.717) is 5.75 Å². The lowest BCUT2D eigenvalue weighted by atomic mass is 10.1. The van der Waals surface area contributed by atoms with Crippen molar-refractivity contribution in [3.63, 3.8) is 0 Å². The summed E-state index contributed by atoms with van der Waals surface area (Å²) in [6.07, 6.45) is 1.72. The summed E-state index contributed by atoms with van der Waals surface area (Å²) in [6.45, 7) is 0.961. The van der Waals surface area contributed by atoms with Gasteiger partial charge in [-0.1, -0.05) is 0 Å². The number of methoxy groups -OCH3 is 1. The molecule has 0 saturated carbocycles. The number of phenolic OH excluding ortho intramolecular Hbond substituents is 2. The van der Waals surface area contributed by atoms with E-state index in [1.165, 1.54) is 13.2 Å². The van der Waals surface area contributed by atoms with E-state index in [9.17, 15) is 10.2 Å². The molecule has 0 aliphatic carbocycles. The van der Waals surface area contributed by atoms with Gasteiger partial charge in [-0.25, -0.2) is 0 Å². The molecule has 0 bridgehead atoms. The fourth-order valence-corrected chi connectivity index (χ4v) is 1.55. The highest BCUT2D eigenvalue weighted by Gasteiger charge is 2.08. The molecule has 90 valence electrons. The number of nitrogens with zero attached hydrogens (tertiary/aromatic N) is 1. The molecule has 1 aromatic rings. The Morgan fingerprint density at radius 1 is 1.19 bits per heavy atom. The van der Waals surface area contributed by atoms with E-state index in [-0.39, 0.29) is 11.5 Å². The van der Waals surface area contributed by atoms with E-state index in [1.54, 1.807) is 6.07 Å². The quantitative estimate of drug-likeness (QED) is 0.799. The first kappa shape index (κ1) is 12.6. The van der Waals surface area contributed by atoms with Crippen molar-refractivity contribution in [1.82, 2.24) is 4.90 Å². The minimum atomic E-state index is -0.0311. The molecule has 0 amide bonds. The zero-order chi connectivity index (χ0) is 12.1. The van der Waals surface area contributed by atoms with Crippen LogP contribution in [0.2, 0.25) is 0 Å². The number of aromatic hydroxyl groups is 2. The number of phenols is 2. The molecule has 0 radical (unpaired) electrons. The van der Waals surface area contributed by atoms with Crippen molar-refractivity contribution in [2.45, 2.75) is 12.8 Å². The van der Waals surface area contributed by atoms with Gasteiger partial charge in [-0.15, -0.1) is 0 Å². The summed E-state index contributed by atoms with van der Waals surface area (Å²) in [5, 5.41) is 19.1. The van der Waals surface area contributed by atoms with Gasteiger partial charge in [0.1, 0.15) is 5.75 Å². The van der Waals surface area contributed by atoms with Crippen LogP contribution in [0, 0.1) is 0 Å². The van der Waals surface area contributed by atoms with Gasteiger partial charge in [0, 0.05) is 6.07 Å². The van der Waals surface area contributed by atoms with Crippen LogP contribution in [0.15, 0.2) is 12.1 Å². The van der Waals surface area contributed by atoms with E-state index >= 15 is 0 Å². The standard InChI is InChI=1S/C12H19NO3/c1-13(2)6-4-5-9-7-12(16-3)11(15)8-10(9)14/h7-8,14-15H,4-6H2,1-3H3. The maximum atomic E-state index is 9.65. The van der Waals surface area contributed by atoms with Crippen molar-refractivity contribution in [2.75, 3.05) is 27.7 Å². The van der Waals surface area contributed by atoms with Crippen molar-refractivity contribution >= 4 is 0 Å². The maximum absolute atomic E-state index is 9.65. The highest BCUT2D eigenvalue weighted by molar-refractivity contribution is 5.49. The average molecular weight is 225 g/mol. The summed E-state index contributed by atoms with van der Waals surface area (Å²) < 4.78 is 5.00. The Balaban J connectivity index is 2.72. The normalized spacial score (nSPS) is 10.8. The van der Waals surface area contributed by atoms with Crippen molar-refractivity contribution in [3.8, 4) is 17.2 Å². The topological polar surface area (TPSA) is 52.9 Å². The summed E-state index contributed by atoms with van der Waals surface area (Å²) in [5.74, 6) is 0.492. The van der Waals surface area contributed by atoms with Crippen LogP contribution in [0.3, 0.4) is 0 Å². The monoisotopic (exact) mass is 225 g/mol. The number of aryl methyl sites for hydroxylation is 1. The summed E-state index contributed by atoms with van der Waals surface area (Å²) in [6, 6.07) is 3.00. The van der Waals surface area contributed by atoms with Crippen molar-refractivity contribution in [3.05, 3.63) is 17.7 Å². The third-order valence-electron chi connectivity index (χ3n) is 2.43. The molecule has 1 aromatic carbocycles. The minimum absolute atomic E-state index is 0.0311. The molecule has 0 spiro atoms. The number of ether oxygens (including phenoxy) is 1. The predicted octanol–water partition coefficient (Wildman–Crippen LogP) is 1.60. The van der Waals surface area contributed by atoms with Gasteiger partial charge in [0.15, 0.2) is 11.5 Å². The Kier molecular flexibility index (Phi) is 4.43. The van der Waals surface area contributed by atoms with Crippen LogP contribution in [0.4, 0.5) is 0 Å². The van der Waals surface area contributed by atoms with Gasteiger partial charge in [-0.2, -0.15) is 0 Å². The summed E-state index contributed by atoms with van der Waals surface area (Å²) in [4.78, 5) is 2.09. The average Bonchev–Trinajstić information content (AvgIpc) is 2.20. The second-order valence-corrected chi connectivity index (χ2v) is 4.06. The highest BCUT2D eigenvalue weighted by Crippen LogP contribution is 2.33. The van der Waals surface area contributed by atoms with E-state index in [0.717, 1.165) is 24.9 Å². The molecule has 4 heteroatoms. The SMILES string of the molecule is COc1cc(CCCN(C)C)c(O)cc1O. The van der Waals surface area contributed by atoms with Gasteiger partial charge in [-0.05, 0) is 45.1 Å². The Hall–Kier alpha value is -1.42. The smallest absolute Gasteiger partial charge is 0.161 e. The number of rotatable bonds is 5. The number of benzene rings is 1. The Morgan fingerprint density at radius 2 is 1.88 bits per heavy atom. The highest BCUT2D eigenvalue weighted by atomic mass is 16.5. The summed E-state index contributed by atoms with van der Waals surface area (Å²) in [5.41, 5.74) is 0.802. The molecule has 0 unspecified atom stereocenters. The molecule has 0 heterocycles. The second kappa shape index (κ2) is 5.61. The Morgan fingerprint density at radius 3 is 2.44 bits per heavy atom. The van der Waals surface area contributed by atoms with E-state index in [1.807, 2.05) is 14.1 Å². The van der Waals surface area contributed by atoms with Crippen molar-refractivity contribution in [1.29, 1.82) is 0 Å². The summed E-state index contributed by atoms with van der Waals surface area (Å²) >= 11 is 0. The predicted molar refractivity (Wildman–Crippen MR) is 63.2 cm³/mol. The molecule has 0 fully saturated rings. The minimum Gasteiger partial charge on any atom is -0.508 e. The molecule has 0 aromatic heterocycles. The van der Waals surface area contributed by atoms with Gasteiger partial charge >= 0.3 is 0 Å². The van der Waals surface area contributed by atoms with Crippen LogP contribution >= 0.6 is 0 Å². The Labute approximate surface area is 96.1 Å². The van der Waals surface area contributed by atoms with E-state index in [4.69, 9.17) is 4.74 Å². The molecule has 1 rings (SSSR count). The molecular weight excluding hydrogens is 206 g/mol. The Bertz CT molecular complexity index is 350. The van der Waals surface area contributed by atoms with Crippen LogP contribution in [0.25, 0.3) is 0 Å². The molecule has 0 atom stereocenters. The van der Waals surface area contributed by atoms with Gasteiger partial charge in [0.2, 0.25) is 0 Å².